The van der Waals surface area contributed by atoms with Gasteiger partial charge >= 0.3 is 0 Å². The van der Waals surface area contributed by atoms with Crippen LogP contribution in [0.2, 0.25) is 0 Å². The van der Waals surface area contributed by atoms with E-state index >= 15 is 0 Å². The Kier molecular flexibility index (Phi) is 18.4. The highest BCUT2D eigenvalue weighted by atomic mass is 16.3. The second-order valence-corrected chi connectivity index (χ2v) is 7.43. The molecular weight excluding hydrogens is 312 g/mol. The van der Waals surface area contributed by atoms with Gasteiger partial charge in [0.25, 0.3) is 0 Å². The molecule has 0 aliphatic carbocycles. The van der Waals surface area contributed by atoms with Crippen LogP contribution >= 0.6 is 0 Å². The van der Waals surface area contributed by atoms with Crippen molar-refractivity contribution in [2.45, 2.75) is 77.7 Å². The van der Waals surface area contributed by atoms with Crippen molar-refractivity contribution in [1.82, 2.24) is 15.5 Å². The van der Waals surface area contributed by atoms with Crippen molar-refractivity contribution in [3.05, 3.63) is 0 Å². The molecule has 0 aliphatic rings. The molecule has 5 nitrogen and oxygen atoms in total. The summed E-state index contributed by atoms with van der Waals surface area (Å²) in [5.41, 5.74) is 5.62. The molecule has 5 N–H and O–H groups in total. The molecule has 0 aromatic rings. The van der Waals surface area contributed by atoms with E-state index < -0.39 is 0 Å². The van der Waals surface area contributed by atoms with Gasteiger partial charge < -0.3 is 21.5 Å². The van der Waals surface area contributed by atoms with Gasteiger partial charge in [-0.05, 0) is 19.4 Å². The van der Waals surface area contributed by atoms with Gasteiger partial charge in [-0.2, -0.15) is 0 Å². The highest BCUT2D eigenvalue weighted by Gasteiger charge is 2.13. The molecular formula is C20H46N4O. The average molecular weight is 359 g/mol. The fourth-order valence-corrected chi connectivity index (χ4v) is 3.16. The molecule has 2 unspecified atom stereocenters. The normalized spacial score (nSPS) is 14.2. The van der Waals surface area contributed by atoms with Crippen LogP contribution in [-0.2, 0) is 0 Å². The molecule has 152 valence electrons. The Bertz CT molecular complexity index is 260. The molecule has 0 aromatic heterocycles. The molecule has 2 atom stereocenters. The Balaban J connectivity index is 3.56. The molecule has 0 saturated heterocycles. The van der Waals surface area contributed by atoms with E-state index in [-0.39, 0.29) is 6.10 Å². The number of hydrogen-bond donors (Lipinski definition) is 4. The summed E-state index contributed by atoms with van der Waals surface area (Å²) in [5, 5.41) is 16.8. The number of nitrogens with zero attached hydrogens (tertiary/aromatic N) is 1. The van der Waals surface area contributed by atoms with E-state index in [1.54, 1.807) is 0 Å². The maximum Gasteiger partial charge on any atom is 0.0690 e. The molecule has 0 fully saturated rings. The summed E-state index contributed by atoms with van der Waals surface area (Å²) in [6.07, 6.45) is 11.7. The van der Waals surface area contributed by atoms with Gasteiger partial charge in [0.1, 0.15) is 0 Å². The topological polar surface area (TPSA) is 73.5 Å². The Morgan fingerprint density at radius 1 is 1.00 bits per heavy atom. The largest absolute Gasteiger partial charge is 0.392 e. The molecule has 0 rings (SSSR count). The van der Waals surface area contributed by atoms with Crippen LogP contribution < -0.4 is 16.4 Å². The summed E-state index contributed by atoms with van der Waals surface area (Å²) in [5.74, 6) is 0.380. The molecule has 0 aliphatic heterocycles. The van der Waals surface area contributed by atoms with Crippen molar-refractivity contribution < 1.29 is 5.11 Å². The molecule has 25 heavy (non-hydrogen) atoms. The monoisotopic (exact) mass is 358 g/mol. The first-order chi connectivity index (χ1) is 12.2. The fraction of sp³-hybridized carbons (Fsp3) is 1.00. The van der Waals surface area contributed by atoms with Gasteiger partial charge in [-0.15, -0.1) is 0 Å². The van der Waals surface area contributed by atoms with E-state index in [0.29, 0.717) is 19.0 Å². The van der Waals surface area contributed by atoms with Crippen LogP contribution in [-0.4, -0.2) is 62.6 Å². The Hall–Kier alpha value is -0.200. The zero-order chi connectivity index (χ0) is 18.8. The standard InChI is InChI=1S/C20H46N4O/c1-4-5-6-7-8-9-10-11-12-19(2)20(25)17-23-14-16-24(15-13-21)18-22-3/h19-20,22-23,25H,4-18,21H2,1-3H3. The number of unbranched alkanes of at least 4 members (excludes halogenated alkanes) is 7. The number of aliphatic hydroxyl groups excluding tert-OH is 1. The lowest BCUT2D eigenvalue weighted by molar-refractivity contribution is 0.108. The lowest BCUT2D eigenvalue weighted by Crippen LogP contribution is -2.42. The third-order valence-electron chi connectivity index (χ3n) is 4.96. The third-order valence-corrected chi connectivity index (χ3v) is 4.96. The summed E-state index contributed by atoms with van der Waals surface area (Å²) in [6, 6.07) is 0. The third kappa shape index (κ3) is 15.7. The molecule has 0 amide bonds. The fourth-order valence-electron chi connectivity index (χ4n) is 3.16. The maximum atomic E-state index is 10.3. The first-order valence-corrected chi connectivity index (χ1v) is 10.6. The van der Waals surface area contributed by atoms with Crippen molar-refractivity contribution in [3.63, 3.8) is 0 Å². The molecule has 0 bridgehead atoms. The van der Waals surface area contributed by atoms with Gasteiger partial charge in [0.05, 0.1) is 6.10 Å². The highest BCUT2D eigenvalue weighted by molar-refractivity contribution is 4.68. The van der Waals surface area contributed by atoms with E-state index in [2.05, 4.69) is 29.4 Å². The zero-order valence-corrected chi connectivity index (χ0v) is 17.2. The number of hydrogen-bond acceptors (Lipinski definition) is 5. The second-order valence-electron chi connectivity index (χ2n) is 7.43. The smallest absolute Gasteiger partial charge is 0.0690 e. The SMILES string of the molecule is CCCCCCCCCCC(C)C(O)CNCCN(CCN)CNC. The van der Waals surface area contributed by atoms with Crippen molar-refractivity contribution in [2.75, 3.05) is 46.4 Å². The van der Waals surface area contributed by atoms with Crippen LogP contribution in [0.1, 0.15) is 71.6 Å². The van der Waals surface area contributed by atoms with E-state index in [1.807, 2.05) is 7.05 Å². The van der Waals surface area contributed by atoms with E-state index in [4.69, 9.17) is 5.73 Å². The van der Waals surface area contributed by atoms with Gasteiger partial charge in [-0.1, -0.05) is 65.2 Å². The summed E-state index contributed by atoms with van der Waals surface area (Å²) >= 11 is 0. The zero-order valence-electron chi connectivity index (χ0n) is 17.2. The maximum absolute atomic E-state index is 10.3. The van der Waals surface area contributed by atoms with E-state index in [9.17, 15) is 5.11 Å². The summed E-state index contributed by atoms with van der Waals surface area (Å²) in [4.78, 5) is 2.28. The molecule has 0 aromatic carbocycles. The first-order valence-electron chi connectivity index (χ1n) is 10.6. The van der Waals surface area contributed by atoms with Crippen molar-refractivity contribution in [1.29, 1.82) is 0 Å². The quantitative estimate of drug-likeness (QED) is 0.211. The number of nitrogens with two attached hydrogens (primary N) is 1. The summed E-state index contributed by atoms with van der Waals surface area (Å²) in [7, 11) is 1.95. The van der Waals surface area contributed by atoms with E-state index in [0.717, 1.165) is 32.7 Å². The molecule has 0 saturated carbocycles. The van der Waals surface area contributed by atoms with Gasteiger partial charge in [0.15, 0.2) is 0 Å². The lowest BCUT2D eigenvalue weighted by atomic mass is 9.96. The van der Waals surface area contributed by atoms with Gasteiger partial charge in [-0.25, -0.2) is 0 Å². The minimum Gasteiger partial charge on any atom is -0.392 e. The van der Waals surface area contributed by atoms with Crippen LogP contribution in [0.15, 0.2) is 0 Å². The molecule has 5 heteroatoms. The Labute approximate surface area is 157 Å². The van der Waals surface area contributed by atoms with Crippen LogP contribution in [0.25, 0.3) is 0 Å². The molecule has 0 spiro atoms. The predicted octanol–water partition coefficient (Wildman–Crippen LogP) is 2.54. The first kappa shape index (κ1) is 24.8. The Morgan fingerprint density at radius 2 is 1.64 bits per heavy atom. The van der Waals surface area contributed by atoms with Crippen molar-refractivity contribution in [3.8, 4) is 0 Å². The number of rotatable bonds is 19. The van der Waals surface area contributed by atoms with Crippen molar-refractivity contribution >= 4 is 0 Å². The minimum absolute atomic E-state index is 0.239. The van der Waals surface area contributed by atoms with Gasteiger partial charge in [0, 0.05) is 39.4 Å². The van der Waals surface area contributed by atoms with Crippen molar-refractivity contribution in [2.24, 2.45) is 11.7 Å². The minimum atomic E-state index is -0.239. The predicted molar refractivity (Wildman–Crippen MR) is 110 cm³/mol. The molecule has 0 radical (unpaired) electrons. The number of aliphatic hydroxyl groups is 1. The van der Waals surface area contributed by atoms with Crippen LogP contribution in [0, 0.1) is 5.92 Å². The average Bonchev–Trinajstić information content (AvgIpc) is 2.60. The van der Waals surface area contributed by atoms with Gasteiger partial charge in [-0.3, -0.25) is 4.90 Å². The van der Waals surface area contributed by atoms with Crippen LogP contribution in [0.3, 0.4) is 0 Å². The van der Waals surface area contributed by atoms with E-state index in [1.165, 1.54) is 51.4 Å². The van der Waals surface area contributed by atoms with Crippen LogP contribution in [0.5, 0.6) is 0 Å². The Morgan fingerprint density at radius 3 is 2.24 bits per heavy atom. The summed E-state index contributed by atoms with van der Waals surface area (Å²) in [6.45, 7) is 9.42. The lowest BCUT2D eigenvalue weighted by Gasteiger charge is -2.23. The summed E-state index contributed by atoms with van der Waals surface area (Å²) < 4.78 is 0. The highest BCUT2D eigenvalue weighted by Crippen LogP contribution is 2.15. The number of nitrogens with one attached hydrogen (secondary N) is 2. The molecule has 0 heterocycles. The second kappa shape index (κ2) is 18.6. The van der Waals surface area contributed by atoms with Gasteiger partial charge in [0.2, 0.25) is 0 Å². The van der Waals surface area contributed by atoms with Crippen LogP contribution in [0.4, 0.5) is 0 Å².